The van der Waals surface area contributed by atoms with Gasteiger partial charge in [0.2, 0.25) is 0 Å². The molecule has 0 aromatic carbocycles. The van der Waals surface area contributed by atoms with E-state index in [4.69, 9.17) is 13.8 Å². The molecule has 32 heavy (non-hydrogen) atoms. The first-order valence-electron chi connectivity index (χ1n) is 12.6. The van der Waals surface area contributed by atoms with Crippen molar-refractivity contribution >= 4 is 13.8 Å². The molecule has 0 saturated heterocycles. The fraction of sp³-hybridized carbons (Fsp3) is 0.880. The molecule has 0 fully saturated rings. The zero-order valence-electron chi connectivity index (χ0n) is 21.8. The number of esters is 1. The highest BCUT2D eigenvalue weighted by Crippen LogP contribution is 2.44. The third-order valence-electron chi connectivity index (χ3n) is 5.35. The minimum Gasteiger partial charge on any atom is -0.460 e. The van der Waals surface area contributed by atoms with Crippen LogP contribution in [0.5, 0.6) is 0 Å². The van der Waals surface area contributed by atoms with Crippen LogP contribution in [0, 0.1) is 11.8 Å². The third-order valence-corrected chi connectivity index (χ3v) is 6.30. The average molecular weight is 479 g/mol. The summed E-state index contributed by atoms with van der Waals surface area (Å²) in [4.78, 5) is 20.6. The van der Waals surface area contributed by atoms with Crippen LogP contribution in [0.4, 0.5) is 0 Å². The van der Waals surface area contributed by atoms with Crippen LogP contribution in [0.25, 0.3) is 0 Å². The van der Waals surface area contributed by atoms with E-state index in [1.54, 1.807) is 13.0 Å². The number of hydrogen-bond donors (Lipinski definition) is 1. The van der Waals surface area contributed by atoms with Crippen LogP contribution in [-0.4, -0.2) is 30.2 Å². The van der Waals surface area contributed by atoms with Crippen molar-refractivity contribution in [3.63, 3.8) is 0 Å². The summed E-state index contributed by atoms with van der Waals surface area (Å²) >= 11 is 0. The predicted octanol–water partition coefficient (Wildman–Crippen LogP) is 7.85. The topological polar surface area (TPSA) is 82.1 Å². The van der Waals surface area contributed by atoms with Crippen molar-refractivity contribution in [2.45, 2.75) is 119 Å². The summed E-state index contributed by atoms with van der Waals surface area (Å²) in [5.74, 6) is 0.445. The maximum Gasteiger partial charge on any atom is 0.472 e. The fourth-order valence-electron chi connectivity index (χ4n) is 3.07. The molecule has 0 bridgehead atoms. The molecule has 0 saturated carbocycles. The Labute approximate surface area is 198 Å². The molecule has 0 aliphatic carbocycles. The summed E-state index contributed by atoms with van der Waals surface area (Å²) < 4.78 is 27.3. The van der Waals surface area contributed by atoms with Crippen molar-refractivity contribution in [2.75, 3.05) is 13.2 Å². The van der Waals surface area contributed by atoms with E-state index in [9.17, 15) is 14.3 Å². The van der Waals surface area contributed by atoms with Gasteiger partial charge in [0.15, 0.2) is 0 Å². The number of carbonyl (C=O) groups is 1. The van der Waals surface area contributed by atoms with Gasteiger partial charge in [0.1, 0.15) is 0 Å². The Bertz CT molecular complexity index is 485. The first-order valence-corrected chi connectivity index (χ1v) is 14.1. The van der Waals surface area contributed by atoms with Crippen molar-refractivity contribution in [3.8, 4) is 0 Å². The average Bonchev–Trinajstić information content (AvgIpc) is 2.74. The minimum atomic E-state index is -3.89. The van der Waals surface area contributed by atoms with Crippen molar-refractivity contribution in [1.82, 2.24) is 0 Å². The maximum atomic E-state index is 11.9. The van der Waals surface area contributed by atoms with Crippen LogP contribution in [0.2, 0.25) is 0 Å². The van der Waals surface area contributed by atoms with E-state index < -0.39 is 7.82 Å². The zero-order valence-corrected chi connectivity index (χ0v) is 22.7. The SMILES string of the molecule is CC=CC(=O)OC(C)CCC.CCCCC(CC)COP(=O)(O)OCC(CC)CCCC. The van der Waals surface area contributed by atoms with Gasteiger partial charge in [-0.2, -0.15) is 0 Å². The predicted molar refractivity (Wildman–Crippen MR) is 134 cm³/mol. The van der Waals surface area contributed by atoms with Crippen LogP contribution in [0.1, 0.15) is 113 Å². The van der Waals surface area contributed by atoms with Gasteiger partial charge in [-0.1, -0.05) is 85.6 Å². The number of rotatable bonds is 18. The van der Waals surface area contributed by atoms with Crippen LogP contribution >= 0.6 is 7.82 Å². The van der Waals surface area contributed by atoms with Crippen LogP contribution < -0.4 is 0 Å². The second kappa shape index (κ2) is 22.1. The lowest BCUT2D eigenvalue weighted by molar-refractivity contribution is -0.142. The summed E-state index contributed by atoms with van der Waals surface area (Å²) in [5, 5.41) is 0. The number of phosphoric ester groups is 1. The molecule has 7 heteroatoms. The lowest BCUT2D eigenvalue weighted by Crippen LogP contribution is -2.12. The number of unbranched alkanes of at least 4 members (excludes halogenated alkanes) is 2. The molecule has 0 aromatic heterocycles. The molecule has 0 aliphatic rings. The lowest BCUT2D eigenvalue weighted by Gasteiger charge is -2.20. The summed E-state index contributed by atoms with van der Waals surface area (Å²) in [5.41, 5.74) is 0. The van der Waals surface area contributed by atoms with Crippen molar-refractivity contribution in [2.24, 2.45) is 11.8 Å². The molecule has 0 amide bonds. The molecule has 0 aromatic rings. The van der Waals surface area contributed by atoms with E-state index in [1.807, 2.05) is 6.92 Å². The van der Waals surface area contributed by atoms with Gasteiger partial charge in [-0.15, -0.1) is 0 Å². The Morgan fingerprint density at radius 2 is 1.34 bits per heavy atom. The molecule has 192 valence electrons. The standard InChI is InChI=1S/C16H35O4P.C9H16O2/c1-5-9-11-15(7-3)13-19-21(17,18)20-14-16(8-4)12-10-6-2;1-4-6-8(3)11-9(10)7-5-2/h15-16H,5-14H2,1-4H3,(H,17,18);5,7-8H,4,6H2,1-3H3. The Balaban J connectivity index is 0. The molecule has 1 N–H and O–H groups in total. The zero-order chi connectivity index (χ0) is 24.8. The van der Waals surface area contributed by atoms with Gasteiger partial charge >= 0.3 is 13.8 Å². The third kappa shape index (κ3) is 21.2. The van der Waals surface area contributed by atoms with E-state index in [1.165, 1.54) is 6.08 Å². The van der Waals surface area contributed by atoms with Crippen LogP contribution in [-0.2, 0) is 23.1 Å². The summed E-state index contributed by atoms with van der Waals surface area (Å²) in [7, 11) is -3.89. The van der Waals surface area contributed by atoms with Crippen LogP contribution in [0.3, 0.4) is 0 Å². The van der Waals surface area contributed by atoms with Crippen molar-refractivity contribution < 1.29 is 28.0 Å². The molecular formula is C25H51O6P. The number of phosphoric acid groups is 1. The monoisotopic (exact) mass is 478 g/mol. The van der Waals surface area contributed by atoms with Gasteiger partial charge in [-0.3, -0.25) is 9.05 Å². The van der Waals surface area contributed by atoms with E-state index >= 15 is 0 Å². The van der Waals surface area contributed by atoms with Gasteiger partial charge in [0.05, 0.1) is 19.3 Å². The normalized spacial score (nSPS) is 16.0. The lowest BCUT2D eigenvalue weighted by atomic mass is 10.0. The van der Waals surface area contributed by atoms with Crippen molar-refractivity contribution in [1.29, 1.82) is 0 Å². The summed E-state index contributed by atoms with van der Waals surface area (Å²) in [6, 6.07) is 0. The first-order chi connectivity index (χ1) is 15.2. The number of hydrogen-bond acceptors (Lipinski definition) is 5. The number of allylic oxidation sites excluding steroid dienone is 1. The fourth-order valence-corrected chi connectivity index (χ4v) is 3.94. The van der Waals surface area contributed by atoms with Gasteiger partial charge in [0, 0.05) is 6.08 Å². The second-order valence-corrected chi connectivity index (χ2v) is 9.88. The van der Waals surface area contributed by atoms with E-state index in [0.717, 1.165) is 64.2 Å². The second-order valence-electron chi connectivity index (χ2n) is 8.43. The Morgan fingerprint density at radius 1 is 0.875 bits per heavy atom. The van der Waals surface area contributed by atoms with Crippen LogP contribution in [0.15, 0.2) is 12.2 Å². The summed E-state index contributed by atoms with van der Waals surface area (Å²) in [6.45, 7) is 14.9. The van der Waals surface area contributed by atoms with Crippen molar-refractivity contribution in [3.05, 3.63) is 12.2 Å². The molecule has 0 spiro atoms. The number of ether oxygens (including phenoxy) is 1. The van der Waals surface area contributed by atoms with E-state index in [-0.39, 0.29) is 12.1 Å². The molecule has 0 rings (SSSR count). The maximum absolute atomic E-state index is 11.9. The quantitative estimate of drug-likeness (QED) is 0.123. The highest BCUT2D eigenvalue weighted by atomic mass is 31.2. The highest BCUT2D eigenvalue weighted by molar-refractivity contribution is 7.47. The van der Waals surface area contributed by atoms with E-state index in [0.29, 0.717) is 25.0 Å². The molecule has 0 aliphatic heterocycles. The molecule has 3 atom stereocenters. The minimum absolute atomic E-state index is 0.0451. The molecular weight excluding hydrogens is 427 g/mol. The Hall–Kier alpha value is -0.680. The Morgan fingerprint density at radius 3 is 1.69 bits per heavy atom. The number of carbonyl (C=O) groups excluding carboxylic acids is 1. The largest absolute Gasteiger partial charge is 0.472 e. The summed E-state index contributed by atoms with van der Waals surface area (Å²) in [6.07, 6.45) is 13.7. The van der Waals surface area contributed by atoms with Gasteiger partial charge in [-0.25, -0.2) is 9.36 Å². The van der Waals surface area contributed by atoms with Gasteiger partial charge in [-0.05, 0) is 44.9 Å². The van der Waals surface area contributed by atoms with E-state index in [2.05, 4.69) is 34.6 Å². The van der Waals surface area contributed by atoms with Gasteiger partial charge < -0.3 is 9.63 Å². The Kier molecular flexibility index (Phi) is 23.2. The smallest absolute Gasteiger partial charge is 0.460 e. The molecule has 0 heterocycles. The first kappa shape index (κ1) is 33.5. The molecule has 0 radical (unpaired) electrons. The highest BCUT2D eigenvalue weighted by Gasteiger charge is 2.24. The molecule has 6 nitrogen and oxygen atoms in total. The van der Waals surface area contributed by atoms with Gasteiger partial charge in [0.25, 0.3) is 0 Å². The molecule has 3 unspecified atom stereocenters.